The highest BCUT2D eigenvalue weighted by Crippen LogP contribution is 2.08. The minimum Gasteiger partial charge on any atom is -0.480 e. The molecule has 1 aromatic heterocycles. The van der Waals surface area contributed by atoms with Crippen molar-refractivity contribution in [1.82, 2.24) is 5.32 Å². The van der Waals surface area contributed by atoms with Crippen LogP contribution in [0, 0.1) is 0 Å². The van der Waals surface area contributed by atoms with Crippen LogP contribution in [-0.2, 0) is 11.2 Å². The Labute approximate surface area is 81.4 Å². The second-order valence-electron chi connectivity index (χ2n) is 2.84. The number of carboxylic acid groups (broad SMARTS) is 1. The van der Waals surface area contributed by atoms with Crippen LogP contribution in [-0.4, -0.2) is 23.7 Å². The highest BCUT2D eigenvalue weighted by atomic mass is 32.1. The molecule has 1 aromatic rings. The van der Waals surface area contributed by atoms with Gasteiger partial charge in [-0.15, -0.1) is 11.3 Å². The fourth-order valence-electron chi connectivity index (χ4n) is 0.954. The number of aliphatic carboxylic acids is 1. The standard InChI is InChI=1S/C9H13NO2S/c1-7(9(11)12)10-5-4-8-3-2-6-13-8/h2-3,6-7,10H,4-5H2,1H3,(H,11,12). The third-order valence-electron chi connectivity index (χ3n) is 1.77. The van der Waals surface area contributed by atoms with Crippen LogP contribution in [0.5, 0.6) is 0 Å². The molecule has 3 nitrogen and oxygen atoms in total. The molecule has 0 spiro atoms. The van der Waals surface area contributed by atoms with Gasteiger partial charge in [0.2, 0.25) is 0 Å². The first-order valence-electron chi connectivity index (χ1n) is 4.18. The molecule has 1 unspecified atom stereocenters. The maximum atomic E-state index is 10.4. The Morgan fingerprint density at radius 1 is 1.77 bits per heavy atom. The van der Waals surface area contributed by atoms with Crippen molar-refractivity contribution in [2.24, 2.45) is 0 Å². The number of carboxylic acids is 1. The zero-order valence-electron chi connectivity index (χ0n) is 7.49. The van der Waals surface area contributed by atoms with E-state index < -0.39 is 12.0 Å². The number of carbonyl (C=O) groups is 1. The van der Waals surface area contributed by atoms with E-state index in [-0.39, 0.29) is 0 Å². The van der Waals surface area contributed by atoms with Crippen LogP contribution in [0.4, 0.5) is 0 Å². The molecule has 0 aromatic carbocycles. The predicted molar refractivity (Wildman–Crippen MR) is 53.1 cm³/mol. The molecule has 0 fully saturated rings. The number of thiophene rings is 1. The van der Waals surface area contributed by atoms with E-state index in [2.05, 4.69) is 11.4 Å². The van der Waals surface area contributed by atoms with E-state index in [0.717, 1.165) is 6.42 Å². The summed E-state index contributed by atoms with van der Waals surface area (Å²) in [5, 5.41) is 13.5. The van der Waals surface area contributed by atoms with Crippen molar-refractivity contribution in [2.75, 3.05) is 6.54 Å². The summed E-state index contributed by atoms with van der Waals surface area (Å²) in [4.78, 5) is 11.7. The molecule has 0 radical (unpaired) electrons. The summed E-state index contributed by atoms with van der Waals surface area (Å²) in [5.41, 5.74) is 0. The number of rotatable bonds is 5. The van der Waals surface area contributed by atoms with Crippen LogP contribution >= 0.6 is 11.3 Å². The van der Waals surface area contributed by atoms with Gasteiger partial charge in [-0.1, -0.05) is 6.07 Å². The van der Waals surface area contributed by atoms with Gasteiger partial charge in [0.15, 0.2) is 0 Å². The molecular weight excluding hydrogens is 186 g/mol. The van der Waals surface area contributed by atoms with Crippen LogP contribution in [0.3, 0.4) is 0 Å². The van der Waals surface area contributed by atoms with Crippen LogP contribution in [0.15, 0.2) is 17.5 Å². The van der Waals surface area contributed by atoms with Crippen LogP contribution in [0.2, 0.25) is 0 Å². The summed E-state index contributed by atoms with van der Waals surface area (Å²) in [6.45, 7) is 2.37. The van der Waals surface area contributed by atoms with E-state index in [4.69, 9.17) is 5.11 Å². The van der Waals surface area contributed by atoms with Crippen molar-refractivity contribution in [3.8, 4) is 0 Å². The Kier molecular flexibility index (Phi) is 3.92. The quantitative estimate of drug-likeness (QED) is 0.752. The Morgan fingerprint density at radius 3 is 3.08 bits per heavy atom. The van der Waals surface area contributed by atoms with E-state index in [1.54, 1.807) is 18.3 Å². The van der Waals surface area contributed by atoms with Crippen molar-refractivity contribution in [2.45, 2.75) is 19.4 Å². The van der Waals surface area contributed by atoms with Gasteiger partial charge in [0.25, 0.3) is 0 Å². The average molecular weight is 199 g/mol. The van der Waals surface area contributed by atoms with Gasteiger partial charge in [0.05, 0.1) is 0 Å². The van der Waals surface area contributed by atoms with Crippen molar-refractivity contribution in [3.63, 3.8) is 0 Å². The molecule has 0 aliphatic rings. The largest absolute Gasteiger partial charge is 0.480 e. The molecule has 2 N–H and O–H groups in total. The lowest BCUT2D eigenvalue weighted by Crippen LogP contribution is -2.34. The topological polar surface area (TPSA) is 49.3 Å². The Bertz CT molecular complexity index is 259. The summed E-state index contributed by atoms with van der Waals surface area (Å²) >= 11 is 1.70. The summed E-state index contributed by atoms with van der Waals surface area (Å²) in [6, 6.07) is 3.60. The predicted octanol–water partition coefficient (Wildman–Crippen LogP) is 1.35. The Morgan fingerprint density at radius 2 is 2.54 bits per heavy atom. The highest BCUT2D eigenvalue weighted by molar-refractivity contribution is 7.09. The fraction of sp³-hybridized carbons (Fsp3) is 0.444. The molecular formula is C9H13NO2S. The van der Waals surface area contributed by atoms with Crippen LogP contribution < -0.4 is 5.32 Å². The maximum Gasteiger partial charge on any atom is 0.320 e. The third kappa shape index (κ3) is 3.57. The van der Waals surface area contributed by atoms with Gasteiger partial charge in [-0.25, -0.2) is 0 Å². The van der Waals surface area contributed by atoms with Crippen molar-refractivity contribution >= 4 is 17.3 Å². The van der Waals surface area contributed by atoms with Crippen molar-refractivity contribution < 1.29 is 9.90 Å². The number of hydrogen-bond acceptors (Lipinski definition) is 3. The van der Waals surface area contributed by atoms with Gasteiger partial charge in [0, 0.05) is 11.4 Å². The van der Waals surface area contributed by atoms with Crippen molar-refractivity contribution in [3.05, 3.63) is 22.4 Å². The van der Waals surface area contributed by atoms with Crippen molar-refractivity contribution in [1.29, 1.82) is 0 Å². The first-order chi connectivity index (χ1) is 6.20. The summed E-state index contributed by atoms with van der Waals surface area (Å²) < 4.78 is 0. The number of hydrogen-bond donors (Lipinski definition) is 2. The summed E-state index contributed by atoms with van der Waals surface area (Å²) in [7, 11) is 0. The van der Waals surface area contributed by atoms with E-state index in [0.29, 0.717) is 6.54 Å². The van der Waals surface area contributed by atoms with Gasteiger partial charge >= 0.3 is 5.97 Å². The van der Waals surface area contributed by atoms with Gasteiger partial charge in [-0.05, 0) is 24.8 Å². The molecule has 0 aliphatic carbocycles. The SMILES string of the molecule is CC(NCCc1cccs1)C(=O)O. The normalized spacial score (nSPS) is 12.7. The van der Waals surface area contributed by atoms with E-state index in [1.807, 2.05) is 11.4 Å². The minimum absolute atomic E-state index is 0.458. The molecule has 0 amide bonds. The maximum absolute atomic E-state index is 10.4. The molecule has 0 bridgehead atoms. The smallest absolute Gasteiger partial charge is 0.320 e. The van der Waals surface area contributed by atoms with Crippen LogP contribution in [0.25, 0.3) is 0 Å². The molecule has 1 heterocycles. The van der Waals surface area contributed by atoms with E-state index in [1.165, 1.54) is 4.88 Å². The zero-order valence-corrected chi connectivity index (χ0v) is 8.30. The lowest BCUT2D eigenvalue weighted by molar-refractivity contribution is -0.138. The Balaban J connectivity index is 2.18. The number of nitrogens with one attached hydrogen (secondary N) is 1. The molecule has 0 saturated heterocycles. The lowest BCUT2D eigenvalue weighted by Gasteiger charge is -2.07. The minimum atomic E-state index is -0.800. The third-order valence-corrected chi connectivity index (χ3v) is 2.71. The summed E-state index contributed by atoms with van der Waals surface area (Å²) in [6.07, 6.45) is 0.898. The van der Waals surface area contributed by atoms with Crippen LogP contribution in [0.1, 0.15) is 11.8 Å². The van der Waals surface area contributed by atoms with Gasteiger partial charge in [-0.2, -0.15) is 0 Å². The molecule has 13 heavy (non-hydrogen) atoms. The monoisotopic (exact) mass is 199 g/mol. The first kappa shape index (κ1) is 10.2. The molecule has 1 rings (SSSR count). The molecule has 4 heteroatoms. The van der Waals surface area contributed by atoms with Gasteiger partial charge in [0.1, 0.15) is 6.04 Å². The first-order valence-corrected chi connectivity index (χ1v) is 5.06. The second kappa shape index (κ2) is 4.99. The highest BCUT2D eigenvalue weighted by Gasteiger charge is 2.08. The zero-order chi connectivity index (χ0) is 9.68. The Hall–Kier alpha value is -0.870. The van der Waals surface area contributed by atoms with Gasteiger partial charge in [-0.3, -0.25) is 4.79 Å². The molecule has 0 aliphatic heterocycles. The fourth-order valence-corrected chi connectivity index (χ4v) is 1.66. The van der Waals surface area contributed by atoms with Gasteiger partial charge < -0.3 is 10.4 Å². The van der Waals surface area contributed by atoms with E-state index in [9.17, 15) is 4.79 Å². The average Bonchev–Trinajstić information content (AvgIpc) is 2.56. The molecule has 72 valence electrons. The molecule has 1 atom stereocenters. The summed E-state index contributed by atoms with van der Waals surface area (Å²) in [5.74, 6) is -0.800. The lowest BCUT2D eigenvalue weighted by atomic mass is 10.3. The molecule has 0 saturated carbocycles. The van der Waals surface area contributed by atoms with E-state index >= 15 is 0 Å². The second-order valence-corrected chi connectivity index (χ2v) is 3.88.